The molecule has 190 valence electrons. The molecule has 1 aromatic heterocycles. The molecule has 8 nitrogen and oxygen atoms in total. The number of thioether (sulfide) groups is 1. The number of nitrogens with one attached hydrogen (secondary N) is 1. The van der Waals surface area contributed by atoms with Crippen molar-refractivity contribution in [3.63, 3.8) is 0 Å². The number of aromatic nitrogens is 2. The maximum Gasteiger partial charge on any atom is 0.296 e. The van der Waals surface area contributed by atoms with Crippen molar-refractivity contribution in [2.24, 2.45) is 7.05 Å². The number of benzene rings is 3. The van der Waals surface area contributed by atoms with E-state index in [4.69, 9.17) is 11.6 Å². The minimum absolute atomic E-state index is 0.0822. The first-order valence-electron chi connectivity index (χ1n) is 11.4. The van der Waals surface area contributed by atoms with Gasteiger partial charge in [-0.1, -0.05) is 41.9 Å². The lowest BCUT2D eigenvalue weighted by atomic mass is 10.1. The van der Waals surface area contributed by atoms with Gasteiger partial charge in [0.05, 0.1) is 22.0 Å². The lowest BCUT2D eigenvalue weighted by Crippen LogP contribution is -2.35. The summed E-state index contributed by atoms with van der Waals surface area (Å²) >= 11 is 7.94. The molecule has 0 fully saturated rings. The smallest absolute Gasteiger partial charge is 0.296 e. The molecule has 0 spiro atoms. The standard InChI is InChI=1S/C26H23ClN4O4S2/c1-17-24(26(33)31(29(17)2)20-8-4-3-5-9-20)28-37(34,35)21-15-18(14-19(27)16-21)25(32)30-12-13-36-23-11-7-6-10-22(23)30/h3-11,14-16,28H,12-13H2,1-2H3. The number of amides is 1. The van der Waals surface area contributed by atoms with E-state index >= 15 is 0 Å². The molecule has 0 atom stereocenters. The van der Waals surface area contributed by atoms with Crippen molar-refractivity contribution in [3.05, 3.63) is 99.4 Å². The number of carbonyl (C=O) groups excluding carboxylic acids is 1. The second kappa shape index (κ2) is 9.77. The number of fused-ring (bicyclic) bond motifs is 1. The van der Waals surface area contributed by atoms with Crippen molar-refractivity contribution in [1.29, 1.82) is 0 Å². The van der Waals surface area contributed by atoms with Gasteiger partial charge in [-0.25, -0.2) is 13.1 Å². The molecule has 1 aliphatic heterocycles. The van der Waals surface area contributed by atoms with E-state index in [1.165, 1.54) is 22.9 Å². The van der Waals surface area contributed by atoms with Gasteiger partial charge in [0.25, 0.3) is 21.5 Å². The van der Waals surface area contributed by atoms with E-state index in [9.17, 15) is 18.0 Å². The normalized spacial score (nSPS) is 13.3. The molecule has 2 heterocycles. The highest BCUT2D eigenvalue weighted by molar-refractivity contribution is 7.99. The van der Waals surface area contributed by atoms with Gasteiger partial charge in [-0.3, -0.25) is 19.0 Å². The van der Waals surface area contributed by atoms with E-state index in [1.54, 1.807) is 59.6 Å². The highest BCUT2D eigenvalue weighted by atomic mass is 35.5. The zero-order chi connectivity index (χ0) is 26.3. The molecule has 1 amide bonds. The maximum atomic E-state index is 13.5. The zero-order valence-corrected chi connectivity index (χ0v) is 22.4. The van der Waals surface area contributed by atoms with E-state index in [0.717, 1.165) is 16.3 Å². The zero-order valence-electron chi connectivity index (χ0n) is 20.0. The van der Waals surface area contributed by atoms with E-state index in [1.807, 2.05) is 30.3 Å². The van der Waals surface area contributed by atoms with Gasteiger partial charge in [-0.15, -0.1) is 11.8 Å². The molecule has 0 aliphatic carbocycles. The van der Waals surface area contributed by atoms with Crippen LogP contribution in [0.3, 0.4) is 0 Å². The van der Waals surface area contributed by atoms with Crippen LogP contribution in [0.15, 0.2) is 87.4 Å². The third-order valence-corrected chi connectivity index (χ3v) is 8.78. The molecule has 0 bridgehead atoms. The molecular formula is C26H23ClN4O4S2. The van der Waals surface area contributed by atoms with Crippen molar-refractivity contribution in [2.45, 2.75) is 16.7 Å². The van der Waals surface area contributed by atoms with Crippen LogP contribution < -0.4 is 15.2 Å². The number of rotatable bonds is 5. The molecule has 1 aliphatic rings. The Balaban J connectivity index is 1.51. The Bertz CT molecular complexity index is 1680. The summed E-state index contributed by atoms with van der Waals surface area (Å²) in [5, 5.41) is 0.0948. The first kappa shape index (κ1) is 25.2. The fourth-order valence-corrected chi connectivity index (χ4v) is 6.74. The van der Waals surface area contributed by atoms with Crippen LogP contribution in [0.5, 0.6) is 0 Å². The van der Waals surface area contributed by atoms with Gasteiger partial charge in [0.1, 0.15) is 5.69 Å². The van der Waals surface area contributed by atoms with Crippen LogP contribution >= 0.6 is 23.4 Å². The Morgan fingerprint density at radius 1 is 1.03 bits per heavy atom. The predicted molar refractivity (Wildman–Crippen MR) is 147 cm³/mol. The highest BCUT2D eigenvalue weighted by Crippen LogP contribution is 2.35. The quantitative estimate of drug-likeness (QED) is 0.386. The summed E-state index contributed by atoms with van der Waals surface area (Å²) in [6.45, 7) is 2.13. The van der Waals surface area contributed by atoms with Crippen molar-refractivity contribution >= 4 is 50.7 Å². The average Bonchev–Trinajstić information content (AvgIpc) is 3.10. The number of carbonyl (C=O) groups is 1. The van der Waals surface area contributed by atoms with Crippen molar-refractivity contribution in [3.8, 4) is 5.69 Å². The number of halogens is 1. The lowest BCUT2D eigenvalue weighted by Gasteiger charge is -2.29. The summed E-state index contributed by atoms with van der Waals surface area (Å²) in [7, 11) is -2.58. The van der Waals surface area contributed by atoms with Crippen LogP contribution in [-0.4, -0.2) is 36.0 Å². The molecule has 4 aromatic rings. The van der Waals surface area contributed by atoms with Crippen LogP contribution in [0.1, 0.15) is 16.1 Å². The molecule has 1 N–H and O–H groups in total. The summed E-state index contributed by atoms with van der Waals surface area (Å²) in [4.78, 5) is 29.1. The van der Waals surface area contributed by atoms with Crippen LogP contribution in [0.4, 0.5) is 11.4 Å². The Hall–Kier alpha value is -3.47. The van der Waals surface area contributed by atoms with Gasteiger partial charge in [0.15, 0.2) is 0 Å². The second-order valence-electron chi connectivity index (χ2n) is 8.49. The number of hydrogen-bond donors (Lipinski definition) is 1. The minimum Gasteiger partial charge on any atom is -0.306 e. The van der Waals surface area contributed by atoms with Gasteiger partial charge in [-0.2, -0.15) is 0 Å². The molecule has 0 radical (unpaired) electrons. The SMILES string of the molecule is Cc1c(NS(=O)(=O)c2cc(Cl)cc(C(=O)N3CCSc4ccccc43)c2)c(=O)n(-c2ccccc2)n1C. The Morgan fingerprint density at radius 3 is 2.49 bits per heavy atom. The van der Waals surface area contributed by atoms with Crippen LogP contribution in [0, 0.1) is 6.92 Å². The Morgan fingerprint density at radius 2 is 1.73 bits per heavy atom. The average molecular weight is 555 g/mol. The van der Waals surface area contributed by atoms with Gasteiger partial charge in [0.2, 0.25) is 0 Å². The topological polar surface area (TPSA) is 93.4 Å². The van der Waals surface area contributed by atoms with E-state index < -0.39 is 15.6 Å². The Labute approximate surface area is 223 Å². The molecular weight excluding hydrogens is 532 g/mol. The second-order valence-corrected chi connectivity index (χ2v) is 11.7. The summed E-state index contributed by atoms with van der Waals surface area (Å²) in [6.07, 6.45) is 0. The van der Waals surface area contributed by atoms with Gasteiger partial charge in [-0.05, 0) is 49.4 Å². The van der Waals surface area contributed by atoms with Crippen LogP contribution in [0.25, 0.3) is 5.69 Å². The van der Waals surface area contributed by atoms with Crippen LogP contribution in [0.2, 0.25) is 5.02 Å². The monoisotopic (exact) mass is 554 g/mol. The van der Waals surface area contributed by atoms with Crippen molar-refractivity contribution in [2.75, 3.05) is 21.9 Å². The Kier molecular flexibility index (Phi) is 6.65. The van der Waals surface area contributed by atoms with Gasteiger partial charge in [0, 0.05) is 34.8 Å². The van der Waals surface area contributed by atoms with E-state index in [0.29, 0.717) is 17.9 Å². The first-order valence-corrected chi connectivity index (χ1v) is 14.2. The summed E-state index contributed by atoms with van der Waals surface area (Å²) < 4.78 is 32.2. The van der Waals surface area contributed by atoms with Crippen LogP contribution in [-0.2, 0) is 17.1 Å². The van der Waals surface area contributed by atoms with Gasteiger partial charge >= 0.3 is 0 Å². The third kappa shape index (κ3) is 4.68. The van der Waals surface area contributed by atoms with E-state index in [-0.39, 0.29) is 27.1 Å². The number of hydrogen-bond acceptors (Lipinski definition) is 5. The fraction of sp³-hybridized carbons (Fsp3) is 0.154. The summed E-state index contributed by atoms with van der Waals surface area (Å²) in [5.74, 6) is 0.366. The summed E-state index contributed by atoms with van der Waals surface area (Å²) in [6, 6.07) is 20.5. The predicted octanol–water partition coefficient (Wildman–Crippen LogP) is 4.69. The molecule has 0 saturated heterocycles. The van der Waals surface area contributed by atoms with Gasteiger partial charge < -0.3 is 4.90 Å². The molecule has 5 rings (SSSR count). The largest absolute Gasteiger partial charge is 0.306 e. The number of nitrogens with zero attached hydrogens (tertiary/aromatic N) is 3. The number of para-hydroxylation sites is 2. The highest BCUT2D eigenvalue weighted by Gasteiger charge is 2.27. The minimum atomic E-state index is -4.25. The lowest BCUT2D eigenvalue weighted by molar-refractivity contribution is 0.0987. The third-order valence-electron chi connectivity index (χ3n) is 6.19. The molecule has 0 unspecified atom stereocenters. The molecule has 11 heteroatoms. The van der Waals surface area contributed by atoms with E-state index in [2.05, 4.69) is 4.72 Å². The number of anilines is 2. The summed E-state index contributed by atoms with van der Waals surface area (Å²) in [5.41, 5.74) is 1.34. The van der Waals surface area contributed by atoms with Crippen molar-refractivity contribution < 1.29 is 13.2 Å². The molecule has 0 saturated carbocycles. The molecule has 37 heavy (non-hydrogen) atoms. The maximum absolute atomic E-state index is 13.5. The number of sulfonamides is 1. The fourth-order valence-electron chi connectivity index (χ4n) is 4.26. The van der Waals surface area contributed by atoms with Crippen molar-refractivity contribution in [1.82, 2.24) is 9.36 Å². The molecule has 3 aromatic carbocycles. The first-order chi connectivity index (χ1) is 17.7.